The molecule has 1 atom stereocenters. The van der Waals surface area contributed by atoms with Gasteiger partial charge < -0.3 is 13.6 Å². The molecule has 0 aromatic carbocycles. The zero-order valence-electron chi connectivity index (χ0n) is 8.13. The maximum absolute atomic E-state index is 5.64. The lowest BCUT2D eigenvalue weighted by molar-refractivity contribution is 0.0278. The van der Waals surface area contributed by atoms with Crippen molar-refractivity contribution in [2.75, 3.05) is 20.8 Å². The van der Waals surface area contributed by atoms with Crippen LogP contribution in [0.4, 0.5) is 0 Å². The van der Waals surface area contributed by atoms with Gasteiger partial charge in [-0.05, 0) is 25.8 Å². The van der Waals surface area contributed by atoms with Crippen LogP contribution in [0.15, 0.2) is 0 Å². The van der Waals surface area contributed by atoms with E-state index in [9.17, 15) is 0 Å². The van der Waals surface area contributed by atoms with E-state index >= 15 is 0 Å². The fourth-order valence-corrected chi connectivity index (χ4v) is 3.34. The van der Waals surface area contributed by atoms with Crippen LogP contribution in [0.1, 0.15) is 19.3 Å². The summed E-state index contributed by atoms with van der Waals surface area (Å²) in [7, 11) is 1.41. The van der Waals surface area contributed by atoms with Crippen molar-refractivity contribution in [2.45, 2.75) is 31.5 Å². The molecule has 0 spiro atoms. The van der Waals surface area contributed by atoms with Crippen LogP contribution in [0.5, 0.6) is 0 Å². The summed E-state index contributed by atoms with van der Waals surface area (Å²) in [5, 5.41) is 0. The van der Waals surface area contributed by atoms with E-state index < -0.39 is 8.56 Å². The van der Waals surface area contributed by atoms with Gasteiger partial charge in [0, 0.05) is 20.8 Å². The second kappa shape index (κ2) is 4.37. The molecule has 3 nitrogen and oxygen atoms in total. The molecule has 4 heteroatoms. The molecule has 1 aliphatic heterocycles. The van der Waals surface area contributed by atoms with Crippen LogP contribution in [0.3, 0.4) is 0 Å². The molecule has 0 bridgehead atoms. The fourth-order valence-electron chi connectivity index (χ4n) is 1.50. The van der Waals surface area contributed by atoms with Gasteiger partial charge in [0.25, 0.3) is 0 Å². The van der Waals surface area contributed by atoms with Crippen LogP contribution in [-0.4, -0.2) is 35.1 Å². The van der Waals surface area contributed by atoms with Crippen molar-refractivity contribution in [1.82, 2.24) is 0 Å². The lowest BCUT2D eigenvalue weighted by atomic mass is 10.2. The highest BCUT2D eigenvalue weighted by molar-refractivity contribution is 6.67. The lowest BCUT2D eigenvalue weighted by Gasteiger charge is -2.34. The Kier molecular flexibility index (Phi) is 3.70. The van der Waals surface area contributed by atoms with Gasteiger partial charge in [-0.15, -0.1) is 0 Å². The van der Waals surface area contributed by atoms with E-state index in [4.69, 9.17) is 13.6 Å². The van der Waals surface area contributed by atoms with Gasteiger partial charge in [-0.25, -0.2) is 0 Å². The van der Waals surface area contributed by atoms with Gasteiger partial charge >= 0.3 is 8.56 Å². The molecule has 0 amide bonds. The van der Waals surface area contributed by atoms with Gasteiger partial charge in [0.05, 0.1) is 0 Å². The van der Waals surface area contributed by atoms with Gasteiger partial charge in [0.15, 0.2) is 0 Å². The molecule has 0 radical (unpaired) electrons. The van der Waals surface area contributed by atoms with Crippen molar-refractivity contribution in [3.8, 4) is 0 Å². The van der Waals surface area contributed by atoms with Crippen LogP contribution in [0.2, 0.25) is 6.55 Å². The Bertz CT molecular complexity index is 130. The van der Waals surface area contributed by atoms with Crippen LogP contribution in [0, 0.1) is 0 Å². The molecule has 0 aromatic heterocycles. The first-order valence-electron chi connectivity index (χ1n) is 4.45. The van der Waals surface area contributed by atoms with E-state index in [-0.39, 0.29) is 5.73 Å². The molecular formula is C8H18O3Si. The second-order valence-corrected chi connectivity index (χ2v) is 6.77. The van der Waals surface area contributed by atoms with Crippen LogP contribution in [-0.2, 0) is 13.6 Å². The van der Waals surface area contributed by atoms with E-state index in [0.29, 0.717) is 0 Å². The summed E-state index contributed by atoms with van der Waals surface area (Å²) in [5.41, 5.74) is 0.223. The quantitative estimate of drug-likeness (QED) is 0.631. The second-order valence-electron chi connectivity index (χ2n) is 3.28. The van der Waals surface area contributed by atoms with Gasteiger partial charge in [0.2, 0.25) is 0 Å². The Balaban J connectivity index is 2.51. The highest BCUT2D eigenvalue weighted by Crippen LogP contribution is 2.22. The standard InChI is InChI=1S/C8H18O3Si/c1-9-12(3,10-2)8-6-4-5-7-11-8/h8H,4-7H2,1-3H3. The largest absolute Gasteiger partial charge is 0.396 e. The molecule has 0 aliphatic carbocycles. The van der Waals surface area contributed by atoms with Crippen molar-refractivity contribution in [1.29, 1.82) is 0 Å². The van der Waals surface area contributed by atoms with E-state index in [1.807, 2.05) is 0 Å². The van der Waals surface area contributed by atoms with E-state index in [0.717, 1.165) is 13.0 Å². The fraction of sp³-hybridized carbons (Fsp3) is 1.00. The van der Waals surface area contributed by atoms with Crippen molar-refractivity contribution in [3.63, 3.8) is 0 Å². The van der Waals surface area contributed by atoms with Crippen molar-refractivity contribution in [2.24, 2.45) is 0 Å². The summed E-state index contributed by atoms with van der Waals surface area (Å²) < 4.78 is 16.5. The number of hydrogen-bond donors (Lipinski definition) is 0. The van der Waals surface area contributed by atoms with Gasteiger partial charge in [0.1, 0.15) is 5.73 Å². The first-order chi connectivity index (χ1) is 5.73. The maximum Gasteiger partial charge on any atom is 0.364 e. The molecule has 72 valence electrons. The Morgan fingerprint density at radius 3 is 2.33 bits per heavy atom. The maximum atomic E-state index is 5.64. The summed E-state index contributed by atoms with van der Waals surface area (Å²) in [6.07, 6.45) is 3.50. The third-order valence-electron chi connectivity index (χ3n) is 2.58. The predicted octanol–water partition coefficient (Wildman–Crippen LogP) is 1.46. The lowest BCUT2D eigenvalue weighted by Crippen LogP contribution is -2.51. The van der Waals surface area contributed by atoms with Crippen molar-refractivity contribution in [3.05, 3.63) is 0 Å². The molecule has 1 unspecified atom stereocenters. The third-order valence-corrected chi connectivity index (χ3v) is 5.82. The van der Waals surface area contributed by atoms with E-state index in [2.05, 4.69) is 6.55 Å². The Labute approximate surface area is 75.3 Å². The van der Waals surface area contributed by atoms with Crippen molar-refractivity contribution >= 4 is 8.56 Å². The minimum absolute atomic E-state index is 0.223. The molecular weight excluding hydrogens is 172 g/mol. The third kappa shape index (κ3) is 2.07. The first-order valence-corrected chi connectivity index (χ1v) is 6.84. The molecule has 0 saturated carbocycles. The summed E-state index contributed by atoms with van der Waals surface area (Å²) in [6, 6.07) is 0. The zero-order valence-corrected chi connectivity index (χ0v) is 9.13. The summed E-state index contributed by atoms with van der Waals surface area (Å²) in [5.74, 6) is 0. The molecule has 1 aliphatic rings. The van der Waals surface area contributed by atoms with Gasteiger partial charge in [-0.1, -0.05) is 0 Å². The summed E-state index contributed by atoms with van der Waals surface area (Å²) in [4.78, 5) is 0. The van der Waals surface area contributed by atoms with E-state index in [1.54, 1.807) is 14.2 Å². The molecule has 1 heterocycles. The average molecular weight is 190 g/mol. The normalized spacial score (nSPS) is 25.8. The molecule has 1 fully saturated rings. The highest BCUT2D eigenvalue weighted by Gasteiger charge is 2.41. The minimum Gasteiger partial charge on any atom is -0.396 e. The van der Waals surface area contributed by atoms with Crippen LogP contribution in [0.25, 0.3) is 0 Å². The predicted molar refractivity (Wildman–Crippen MR) is 49.2 cm³/mol. The Morgan fingerprint density at radius 2 is 1.92 bits per heavy atom. The smallest absolute Gasteiger partial charge is 0.364 e. The Morgan fingerprint density at radius 1 is 1.25 bits per heavy atom. The molecule has 1 rings (SSSR count). The van der Waals surface area contributed by atoms with E-state index in [1.165, 1.54) is 12.8 Å². The first kappa shape index (κ1) is 10.2. The monoisotopic (exact) mass is 190 g/mol. The molecule has 0 N–H and O–H groups in total. The molecule has 1 saturated heterocycles. The molecule has 0 aromatic rings. The topological polar surface area (TPSA) is 27.7 Å². The average Bonchev–Trinajstić information content (AvgIpc) is 2.18. The number of ether oxygens (including phenoxy) is 1. The minimum atomic E-state index is -2.02. The highest BCUT2D eigenvalue weighted by atomic mass is 28.4. The van der Waals surface area contributed by atoms with Crippen LogP contribution < -0.4 is 0 Å². The molecule has 12 heavy (non-hydrogen) atoms. The van der Waals surface area contributed by atoms with Crippen molar-refractivity contribution < 1.29 is 13.6 Å². The van der Waals surface area contributed by atoms with Gasteiger partial charge in [-0.2, -0.15) is 0 Å². The summed E-state index contributed by atoms with van der Waals surface area (Å²) in [6.45, 7) is 2.92. The van der Waals surface area contributed by atoms with Gasteiger partial charge in [-0.3, -0.25) is 0 Å². The van der Waals surface area contributed by atoms with Crippen LogP contribution >= 0.6 is 0 Å². The number of rotatable bonds is 3. The summed E-state index contributed by atoms with van der Waals surface area (Å²) >= 11 is 0. The number of hydrogen-bond acceptors (Lipinski definition) is 3. The zero-order chi connectivity index (χ0) is 9.03. The SMILES string of the molecule is CO[Si](C)(OC)C1CCCCO1. The Hall–Kier alpha value is 0.0969.